The molecule has 6 nitrogen and oxygen atoms in total. The van der Waals surface area contributed by atoms with E-state index >= 15 is 0 Å². The molecule has 1 amide bonds. The summed E-state index contributed by atoms with van der Waals surface area (Å²) < 4.78 is 0. The highest BCUT2D eigenvalue weighted by molar-refractivity contribution is 7.18. The topological polar surface area (TPSA) is 78.1 Å². The largest absolute Gasteiger partial charge is 0.343 e. The predicted molar refractivity (Wildman–Crippen MR) is 116 cm³/mol. The van der Waals surface area contributed by atoms with Gasteiger partial charge in [-0.3, -0.25) is 9.59 Å². The van der Waals surface area contributed by atoms with E-state index in [1.54, 1.807) is 11.3 Å². The van der Waals surface area contributed by atoms with Crippen molar-refractivity contribution in [3.05, 3.63) is 26.6 Å². The van der Waals surface area contributed by atoms with Crippen LogP contribution in [0.25, 0.3) is 10.2 Å². The van der Waals surface area contributed by atoms with Crippen molar-refractivity contribution in [1.29, 1.82) is 0 Å². The van der Waals surface area contributed by atoms with Crippen molar-refractivity contribution < 1.29 is 4.79 Å². The molecule has 1 aliphatic heterocycles. The van der Waals surface area contributed by atoms with Crippen molar-refractivity contribution in [2.45, 2.75) is 57.9 Å². The van der Waals surface area contributed by atoms with Gasteiger partial charge in [0, 0.05) is 36.9 Å². The van der Waals surface area contributed by atoms with E-state index in [0.29, 0.717) is 30.6 Å². The number of piperidine rings is 1. The van der Waals surface area contributed by atoms with Gasteiger partial charge >= 0.3 is 0 Å². The van der Waals surface area contributed by atoms with Gasteiger partial charge in [-0.2, -0.15) is 0 Å². The molecular weight excluding hydrogens is 396 g/mol. The third kappa shape index (κ3) is 4.26. The van der Waals surface area contributed by atoms with E-state index in [1.165, 1.54) is 10.4 Å². The number of H-pyrrole nitrogens is 1. The molecule has 4 rings (SSSR count). The number of thiophene rings is 1. The summed E-state index contributed by atoms with van der Waals surface area (Å²) in [6.45, 7) is 3.88. The monoisotopic (exact) mass is 424 g/mol. The summed E-state index contributed by atoms with van der Waals surface area (Å²) in [5, 5.41) is 4.06. The van der Waals surface area contributed by atoms with Crippen molar-refractivity contribution in [2.75, 3.05) is 20.1 Å². The lowest BCUT2D eigenvalue weighted by Gasteiger charge is -2.31. The summed E-state index contributed by atoms with van der Waals surface area (Å²) in [4.78, 5) is 36.9. The number of carbonyl (C=O) groups is 1. The molecule has 3 heterocycles. The lowest BCUT2D eigenvalue weighted by molar-refractivity contribution is -0.132. The van der Waals surface area contributed by atoms with E-state index in [2.05, 4.69) is 17.2 Å². The van der Waals surface area contributed by atoms with Gasteiger partial charge in [-0.05, 0) is 50.6 Å². The Morgan fingerprint density at radius 2 is 2.07 bits per heavy atom. The van der Waals surface area contributed by atoms with E-state index in [1.807, 2.05) is 11.9 Å². The molecular formula is C20H29ClN4O2S. The molecule has 0 radical (unpaired) electrons. The number of carbonyl (C=O) groups excluding carboxylic acids is 1. The van der Waals surface area contributed by atoms with Crippen LogP contribution in [0.4, 0.5) is 0 Å². The average Bonchev–Trinajstić information content (AvgIpc) is 3.03. The van der Waals surface area contributed by atoms with Crippen LogP contribution in [-0.2, 0) is 24.1 Å². The molecule has 2 aromatic rings. The zero-order chi connectivity index (χ0) is 19.0. The molecule has 1 unspecified atom stereocenters. The molecule has 0 saturated carbocycles. The van der Waals surface area contributed by atoms with E-state index in [4.69, 9.17) is 4.98 Å². The van der Waals surface area contributed by atoms with Crippen LogP contribution in [-0.4, -0.2) is 47.0 Å². The summed E-state index contributed by atoms with van der Waals surface area (Å²) in [6.07, 6.45) is 6.06. The van der Waals surface area contributed by atoms with Crippen molar-refractivity contribution >= 4 is 39.9 Å². The van der Waals surface area contributed by atoms with Crippen molar-refractivity contribution in [2.24, 2.45) is 5.92 Å². The minimum absolute atomic E-state index is 0. The normalized spacial score (nSPS) is 20.1. The van der Waals surface area contributed by atoms with Gasteiger partial charge in [0.05, 0.1) is 5.39 Å². The van der Waals surface area contributed by atoms with Crippen LogP contribution < -0.4 is 10.9 Å². The van der Waals surface area contributed by atoms with Gasteiger partial charge in [0.1, 0.15) is 10.7 Å². The molecule has 1 saturated heterocycles. The van der Waals surface area contributed by atoms with Crippen molar-refractivity contribution in [3.8, 4) is 0 Å². The summed E-state index contributed by atoms with van der Waals surface area (Å²) in [7, 11) is 1.98. The molecule has 1 aliphatic carbocycles. The second-order valence-corrected chi connectivity index (χ2v) is 9.07. The first-order chi connectivity index (χ1) is 13.0. The van der Waals surface area contributed by atoms with Gasteiger partial charge in [-0.1, -0.05) is 6.92 Å². The minimum atomic E-state index is -0.0377. The van der Waals surface area contributed by atoms with Crippen LogP contribution in [0.1, 0.15) is 48.9 Å². The predicted octanol–water partition coefficient (Wildman–Crippen LogP) is 2.67. The Bertz CT molecular complexity index is 901. The Kier molecular flexibility index (Phi) is 6.78. The molecule has 28 heavy (non-hydrogen) atoms. The fourth-order valence-corrected chi connectivity index (χ4v) is 5.72. The highest BCUT2D eigenvalue weighted by Gasteiger charge is 2.24. The zero-order valence-electron chi connectivity index (χ0n) is 16.5. The zero-order valence-corrected chi connectivity index (χ0v) is 18.2. The molecule has 2 aliphatic rings. The van der Waals surface area contributed by atoms with Gasteiger partial charge in [0.25, 0.3) is 5.56 Å². The molecule has 0 bridgehead atoms. The van der Waals surface area contributed by atoms with Gasteiger partial charge in [-0.25, -0.2) is 4.98 Å². The standard InChI is InChI=1S/C20H28N4O2S.ClH/c1-12-3-4-14-15(11-12)27-20-18(14)19(26)22-16(23-20)5-6-17(25)24-9-7-13(21-2)8-10-24;/h12-13,21H,3-11H2,1-2H3,(H,22,23,26);1H. The number of nitrogens with one attached hydrogen (secondary N) is 2. The number of nitrogens with zero attached hydrogens (tertiary/aromatic N) is 2. The summed E-state index contributed by atoms with van der Waals surface area (Å²) >= 11 is 1.66. The highest BCUT2D eigenvalue weighted by atomic mass is 35.5. The van der Waals surface area contributed by atoms with Gasteiger partial charge in [0.15, 0.2) is 0 Å². The lowest BCUT2D eigenvalue weighted by Crippen LogP contribution is -2.44. The third-order valence-electron chi connectivity index (χ3n) is 6.05. The van der Waals surface area contributed by atoms with Gasteiger partial charge < -0.3 is 15.2 Å². The first kappa shape index (κ1) is 21.3. The Hall–Kier alpha value is -1.44. The maximum absolute atomic E-state index is 12.6. The minimum Gasteiger partial charge on any atom is -0.343 e. The van der Waals surface area contributed by atoms with Gasteiger partial charge in [0.2, 0.25) is 5.91 Å². The van der Waals surface area contributed by atoms with Crippen LogP contribution in [0.15, 0.2) is 4.79 Å². The average molecular weight is 425 g/mol. The molecule has 8 heteroatoms. The van der Waals surface area contributed by atoms with Crippen LogP contribution in [0, 0.1) is 5.92 Å². The number of fused-ring (bicyclic) bond motifs is 3. The van der Waals surface area contributed by atoms with Crippen LogP contribution in [0.2, 0.25) is 0 Å². The van der Waals surface area contributed by atoms with E-state index in [0.717, 1.165) is 55.4 Å². The maximum atomic E-state index is 12.6. The molecule has 0 aromatic carbocycles. The van der Waals surface area contributed by atoms with Crippen LogP contribution in [0.3, 0.4) is 0 Å². The summed E-state index contributed by atoms with van der Waals surface area (Å²) in [5.41, 5.74) is 1.17. The number of aromatic amines is 1. The number of hydrogen-bond acceptors (Lipinski definition) is 5. The number of aryl methyl sites for hydroxylation is 2. The first-order valence-electron chi connectivity index (χ1n) is 10.0. The lowest BCUT2D eigenvalue weighted by atomic mass is 9.89. The fraction of sp³-hybridized carbons (Fsp3) is 0.650. The Balaban J connectivity index is 0.00000225. The quantitative estimate of drug-likeness (QED) is 0.790. The molecule has 154 valence electrons. The van der Waals surface area contributed by atoms with E-state index < -0.39 is 0 Å². The second kappa shape index (κ2) is 8.93. The fourth-order valence-electron chi connectivity index (χ4n) is 4.31. The Labute approximate surface area is 175 Å². The maximum Gasteiger partial charge on any atom is 0.259 e. The van der Waals surface area contributed by atoms with Gasteiger partial charge in [-0.15, -0.1) is 23.7 Å². The molecule has 1 atom stereocenters. The molecule has 1 fully saturated rings. The van der Waals surface area contributed by atoms with Crippen molar-refractivity contribution in [1.82, 2.24) is 20.2 Å². The molecule has 2 N–H and O–H groups in total. The number of hydrogen-bond donors (Lipinski definition) is 2. The highest BCUT2D eigenvalue weighted by Crippen LogP contribution is 2.35. The Morgan fingerprint density at radius 1 is 1.32 bits per heavy atom. The number of rotatable bonds is 4. The smallest absolute Gasteiger partial charge is 0.259 e. The summed E-state index contributed by atoms with van der Waals surface area (Å²) in [6, 6.07) is 0.516. The number of amides is 1. The summed E-state index contributed by atoms with van der Waals surface area (Å²) in [5.74, 6) is 1.47. The van der Waals surface area contributed by atoms with Crippen molar-refractivity contribution in [3.63, 3.8) is 0 Å². The van der Waals surface area contributed by atoms with E-state index in [9.17, 15) is 9.59 Å². The molecule has 0 spiro atoms. The first-order valence-corrected chi connectivity index (χ1v) is 10.8. The third-order valence-corrected chi connectivity index (χ3v) is 7.19. The number of aromatic nitrogens is 2. The van der Waals surface area contributed by atoms with Crippen LogP contribution >= 0.6 is 23.7 Å². The van der Waals surface area contributed by atoms with E-state index in [-0.39, 0.29) is 23.9 Å². The number of likely N-dealkylation sites (tertiary alicyclic amines) is 1. The van der Waals surface area contributed by atoms with Crippen LogP contribution in [0.5, 0.6) is 0 Å². The Morgan fingerprint density at radius 3 is 2.79 bits per heavy atom. The SMILES string of the molecule is CNC1CCN(C(=O)CCc2nc3sc4c(c3c(=O)[nH]2)CCC(C)C4)CC1.Cl. The molecule has 2 aromatic heterocycles. The second-order valence-electron chi connectivity index (χ2n) is 7.99. The number of halogens is 1.